The topological polar surface area (TPSA) is 26.3 Å². The van der Waals surface area contributed by atoms with E-state index in [9.17, 15) is 4.79 Å². The van der Waals surface area contributed by atoms with Crippen molar-refractivity contribution in [2.45, 2.75) is 70.8 Å². The van der Waals surface area contributed by atoms with Gasteiger partial charge in [0.25, 0.3) is 0 Å². The molecule has 0 radical (unpaired) electrons. The van der Waals surface area contributed by atoms with Gasteiger partial charge >= 0.3 is 5.97 Å². The number of hydrogen-bond acceptors (Lipinski definition) is 2. The van der Waals surface area contributed by atoms with E-state index in [0.29, 0.717) is 6.54 Å². The van der Waals surface area contributed by atoms with Crippen LogP contribution in [0.4, 0.5) is 0 Å². The van der Waals surface area contributed by atoms with E-state index in [1.165, 1.54) is 49.7 Å². The van der Waals surface area contributed by atoms with Crippen LogP contribution in [0.1, 0.15) is 63.9 Å². The number of piperidine rings is 1. The lowest BCUT2D eigenvalue weighted by molar-refractivity contribution is -0.920. The van der Waals surface area contributed by atoms with Gasteiger partial charge in [0.2, 0.25) is 0 Å². The van der Waals surface area contributed by atoms with Crippen LogP contribution < -0.4 is 12.4 Å². The molecule has 0 atom stereocenters. The number of benzene rings is 1. The van der Waals surface area contributed by atoms with Crippen molar-refractivity contribution in [3.63, 3.8) is 0 Å². The van der Waals surface area contributed by atoms with Gasteiger partial charge in [-0.3, -0.25) is 0 Å². The molecule has 0 bridgehead atoms. The molecule has 2 fully saturated rings. The lowest BCUT2D eigenvalue weighted by Crippen LogP contribution is -3.00. The molecule has 0 N–H and O–H groups in total. The molecule has 3 nitrogen and oxygen atoms in total. The first-order valence-corrected chi connectivity index (χ1v) is 10.9. The first-order chi connectivity index (χ1) is 13.2. The van der Waals surface area contributed by atoms with Crippen molar-refractivity contribution < 1.29 is 26.4 Å². The third-order valence-corrected chi connectivity index (χ3v) is 6.23. The zero-order chi connectivity index (χ0) is 19.0. The summed E-state index contributed by atoms with van der Waals surface area (Å²) in [4.78, 5) is 12.7. The third kappa shape index (κ3) is 7.25. The second kappa shape index (κ2) is 11.6. The molecular formula is C24H36ClNO2. The van der Waals surface area contributed by atoms with E-state index in [1.807, 2.05) is 0 Å². The number of carbonyl (C=O) groups excluding carboxylic acids is 1. The third-order valence-electron chi connectivity index (χ3n) is 6.23. The molecule has 0 aromatic heterocycles. The van der Waals surface area contributed by atoms with Crippen LogP contribution in [0.15, 0.2) is 42.0 Å². The fraction of sp³-hybridized carbons (Fsp3) is 0.625. The van der Waals surface area contributed by atoms with E-state index in [-0.39, 0.29) is 24.5 Å². The Morgan fingerprint density at radius 1 is 1.04 bits per heavy atom. The summed E-state index contributed by atoms with van der Waals surface area (Å²) in [5, 5.41) is 0. The van der Waals surface area contributed by atoms with Gasteiger partial charge in [-0.2, -0.15) is 0 Å². The Labute approximate surface area is 177 Å². The average Bonchev–Trinajstić information content (AvgIpc) is 2.69. The van der Waals surface area contributed by atoms with Gasteiger partial charge in [0, 0.05) is 0 Å². The zero-order valence-electron chi connectivity index (χ0n) is 17.4. The Morgan fingerprint density at radius 2 is 1.68 bits per heavy atom. The van der Waals surface area contributed by atoms with Crippen LogP contribution in [0.5, 0.6) is 0 Å². The van der Waals surface area contributed by atoms with Gasteiger partial charge in [-0.05, 0) is 69.9 Å². The second-order valence-corrected chi connectivity index (χ2v) is 8.65. The lowest BCUT2D eigenvalue weighted by Gasteiger charge is -2.40. The van der Waals surface area contributed by atoms with Crippen molar-refractivity contribution in [3.8, 4) is 0 Å². The summed E-state index contributed by atoms with van der Waals surface area (Å²) in [6, 6.07) is 10.6. The SMILES string of the molecule is C/C(=C\C[N+]1(CC(=O)OC2CCCCC2)CCCCC1)Cc1ccccc1.[Cl-]. The molecule has 2 aliphatic rings. The average molecular weight is 406 g/mol. The minimum absolute atomic E-state index is 0. The second-order valence-electron chi connectivity index (χ2n) is 8.65. The Balaban J connectivity index is 0.00000280. The Morgan fingerprint density at radius 3 is 2.36 bits per heavy atom. The number of allylic oxidation sites excluding steroid dienone is 1. The maximum Gasteiger partial charge on any atom is 0.362 e. The molecule has 4 heteroatoms. The smallest absolute Gasteiger partial charge is 0.362 e. The van der Waals surface area contributed by atoms with Gasteiger partial charge in [-0.1, -0.05) is 42.3 Å². The number of halogens is 1. The van der Waals surface area contributed by atoms with Crippen molar-refractivity contribution in [2.24, 2.45) is 0 Å². The van der Waals surface area contributed by atoms with Crippen LogP contribution in [0.2, 0.25) is 0 Å². The Kier molecular flexibility index (Phi) is 9.53. The normalized spacial score (nSPS) is 20.2. The molecule has 1 aliphatic heterocycles. The highest BCUT2D eigenvalue weighted by Crippen LogP contribution is 2.23. The molecule has 1 saturated carbocycles. The molecule has 1 saturated heterocycles. The number of nitrogens with zero attached hydrogens (tertiary/aromatic N) is 1. The van der Waals surface area contributed by atoms with Gasteiger partial charge in [-0.25, -0.2) is 4.79 Å². The van der Waals surface area contributed by atoms with Crippen LogP contribution in [-0.2, 0) is 16.0 Å². The number of likely N-dealkylation sites (tertiary alicyclic amines) is 1. The molecule has 1 aliphatic carbocycles. The van der Waals surface area contributed by atoms with Gasteiger partial charge in [0.15, 0.2) is 6.54 Å². The summed E-state index contributed by atoms with van der Waals surface area (Å²) in [6.07, 6.45) is 13.1. The number of ether oxygens (including phenoxy) is 1. The van der Waals surface area contributed by atoms with Crippen LogP contribution in [0.3, 0.4) is 0 Å². The lowest BCUT2D eigenvalue weighted by atomic mass is 9.98. The summed E-state index contributed by atoms with van der Waals surface area (Å²) in [6.45, 7) is 5.93. The Hall–Kier alpha value is -1.32. The number of hydrogen-bond donors (Lipinski definition) is 0. The fourth-order valence-corrected chi connectivity index (χ4v) is 4.61. The first-order valence-electron chi connectivity index (χ1n) is 10.9. The van der Waals surface area contributed by atoms with Gasteiger partial charge < -0.3 is 21.6 Å². The van der Waals surface area contributed by atoms with Crippen LogP contribution in [-0.4, -0.2) is 42.7 Å². The van der Waals surface area contributed by atoms with E-state index >= 15 is 0 Å². The number of rotatable bonds is 7. The molecule has 0 amide bonds. The minimum atomic E-state index is 0. The van der Waals surface area contributed by atoms with Crippen molar-refractivity contribution >= 4 is 5.97 Å². The molecule has 0 unspecified atom stereocenters. The van der Waals surface area contributed by atoms with Crippen molar-refractivity contribution in [1.82, 2.24) is 0 Å². The number of esters is 1. The quantitative estimate of drug-likeness (QED) is 0.394. The molecule has 156 valence electrons. The fourth-order valence-electron chi connectivity index (χ4n) is 4.61. The molecule has 1 aromatic rings. The van der Waals surface area contributed by atoms with E-state index in [0.717, 1.165) is 43.4 Å². The summed E-state index contributed by atoms with van der Waals surface area (Å²) in [5.41, 5.74) is 2.75. The van der Waals surface area contributed by atoms with Crippen LogP contribution in [0.25, 0.3) is 0 Å². The molecule has 3 rings (SSSR count). The number of quaternary nitrogens is 1. The van der Waals surface area contributed by atoms with Gasteiger partial charge in [-0.15, -0.1) is 0 Å². The van der Waals surface area contributed by atoms with E-state index in [1.54, 1.807) is 0 Å². The predicted molar refractivity (Wildman–Crippen MR) is 110 cm³/mol. The molecule has 28 heavy (non-hydrogen) atoms. The standard InChI is InChI=1S/C24H36NO2.ClH/c1-21(19-22-11-5-2-6-12-22)15-18-25(16-9-4-10-17-25)20-24(26)27-23-13-7-3-8-14-23;/h2,5-6,11-12,15,23H,3-4,7-10,13-14,16-20H2,1H3;1H/q+1;/p-1/b21-15+;. The summed E-state index contributed by atoms with van der Waals surface area (Å²) < 4.78 is 6.73. The first kappa shape index (κ1) is 23.0. The maximum atomic E-state index is 12.7. The molecule has 0 spiro atoms. The Bertz CT molecular complexity index is 617. The van der Waals surface area contributed by atoms with Gasteiger partial charge in [0.05, 0.1) is 19.6 Å². The molecule has 1 aromatic carbocycles. The monoisotopic (exact) mass is 405 g/mol. The van der Waals surface area contributed by atoms with E-state index in [4.69, 9.17) is 4.74 Å². The molecule has 1 heterocycles. The van der Waals surface area contributed by atoms with Gasteiger partial charge in [0.1, 0.15) is 6.10 Å². The largest absolute Gasteiger partial charge is 1.00 e. The van der Waals surface area contributed by atoms with E-state index in [2.05, 4.69) is 43.3 Å². The summed E-state index contributed by atoms with van der Waals surface area (Å²) >= 11 is 0. The highest BCUT2D eigenvalue weighted by molar-refractivity contribution is 5.70. The van der Waals surface area contributed by atoms with Crippen molar-refractivity contribution in [1.29, 1.82) is 0 Å². The minimum Gasteiger partial charge on any atom is -1.00 e. The summed E-state index contributed by atoms with van der Waals surface area (Å²) in [5.74, 6) is 0.0258. The molecular weight excluding hydrogens is 370 g/mol. The number of carbonyl (C=O) groups is 1. The zero-order valence-corrected chi connectivity index (χ0v) is 18.1. The van der Waals surface area contributed by atoms with Crippen molar-refractivity contribution in [2.75, 3.05) is 26.2 Å². The van der Waals surface area contributed by atoms with Crippen LogP contribution >= 0.6 is 0 Å². The van der Waals surface area contributed by atoms with Crippen molar-refractivity contribution in [3.05, 3.63) is 47.5 Å². The highest BCUT2D eigenvalue weighted by Gasteiger charge is 2.33. The van der Waals surface area contributed by atoms with Crippen LogP contribution in [0, 0.1) is 0 Å². The highest BCUT2D eigenvalue weighted by atomic mass is 35.5. The van der Waals surface area contributed by atoms with E-state index < -0.39 is 0 Å². The maximum absolute atomic E-state index is 12.7. The summed E-state index contributed by atoms with van der Waals surface area (Å²) in [7, 11) is 0. The predicted octanol–water partition coefficient (Wildman–Crippen LogP) is 2.06.